The number of hydrogen-bond donors (Lipinski definition) is 0. The molecule has 0 unspecified atom stereocenters. The summed E-state index contributed by atoms with van der Waals surface area (Å²) >= 11 is 14.2. The van der Waals surface area contributed by atoms with Crippen LogP contribution in [0.4, 0.5) is 0 Å². The van der Waals surface area contributed by atoms with Gasteiger partial charge in [0.1, 0.15) is 0 Å². The maximum Gasteiger partial charge on any atom is 0.259 e. The van der Waals surface area contributed by atoms with Gasteiger partial charge in [0, 0.05) is 14.2 Å². The summed E-state index contributed by atoms with van der Waals surface area (Å²) in [5.74, 6) is 0.914. The van der Waals surface area contributed by atoms with Crippen molar-refractivity contribution in [2.45, 2.75) is 0 Å². The van der Waals surface area contributed by atoms with Crippen molar-refractivity contribution in [2.75, 3.05) is 0 Å². The van der Waals surface area contributed by atoms with E-state index in [1.165, 1.54) is 0 Å². The Morgan fingerprint density at radius 3 is 2.55 bits per heavy atom. The van der Waals surface area contributed by atoms with E-state index >= 15 is 0 Å². The third kappa shape index (κ3) is 2.68. The van der Waals surface area contributed by atoms with Gasteiger partial charge in [-0.3, -0.25) is 0 Å². The highest BCUT2D eigenvalue weighted by Gasteiger charge is 2.14. The van der Waals surface area contributed by atoms with Crippen molar-refractivity contribution in [1.29, 1.82) is 0 Å². The molecule has 0 aliphatic heterocycles. The van der Waals surface area contributed by atoms with Gasteiger partial charge >= 0.3 is 0 Å². The molecule has 3 nitrogen and oxygen atoms in total. The molecular formula is C14H7Cl2IN2O. The van der Waals surface area contributed by atoms with Gasteiger partial charge in [0.25, 0.3) is 5.89 Å². The molecule has 3 rings (SSSR count). The highest BCUT2D eigenvalue weighted by Crippen LogP contribution is 2.31. The minimum absolute atomic E-state index is 0.446. The number of halogens is 3. The highest BCUT2D eigenvalue weighted by molar-refractivity contribution is 14.1. The van der Waals surface area contributed by atoms with E-state index in [0.29, 0.717) is 27.3 Å². The van der Waals surface area contributed by atoms with Crippen LogP contribution in [0.25, 0.3) is 22.8 Å². The van der Waals surface area contributed by atoms with Crippen LogP contribution in [0.3, 0.4) is 0 Å². The van der Waals surface area contributed by atoms with E-state index in [1.807, 2.05) is 24.3 Å². The first kappa shape index (κ1) is 13.9. The lowest BCUT2D eigenvalue weighted by molar-refractivity contribution is 0.432. The zero-order valence-corrected chi connectivity index (χ0v) is 13.6. The summed E-state index contributed by atoms with van der Waals surface area (Å²) in [5, 5.41) is 5.04. The van der Waals surface area contributed by atoms with E-state index in [-0.39, 0.29) is 0 Å². The molecule has 0 N–H and O–H groups in total. The van der Waals surface area contributed by atoms with Crippen LogP contribution in [-0.2, 0) is 0 Å². The standard InChI is InChI=1S/C14H7Cl2IN2O/c15-8-5-6-9(11(16)7-8)13-18-14(20-19-13)10-3-1-2-4-12(10)17/h1-7H. The van der Waals surface area contributed by atoms with E-state index in [2.05, 4.69) is 32.7 Å². The molecule has 0 radical (unpaired) electrons. The van der Waals surface area contributed by atoms with Crippen molar-refractivity contribution in [3.63, 3.8) is 0 Å². The molecule has 0 atom stereocenters. The molecule has 0 saturated carbocycles. The third-order valence-corrected chi connectivity index (χ3v) is 4.19. The van der Waals surface area contributed by atoms with Gasteiger partial charge < -0.3 is 4.52 Å². The summed E-state index contributed by atoms with van der Waals surface area (Å²) in [6.45, 7) is 0. The van der Waals surface area contributed by atoms with E-state index < -0.39 is 0 Å². The maximum atomic E-state index is 6.14. The zero-order chi connectivity index (χ0) is 14.1. The normalized spacial score (nSPS) is 10.8. The van der Waals surface area contributed by atoms with Gasteiger partial charge in [-0.25, -0.2) is 0 Å². The first-order valence-electron chi connectivity index (χ1n) is 5.69. The Balaban J connectivity index is 2.04. The van der Waals surface area contributed by atoms with Crippen LogP contribution in [0, 0.1) is 3.57 Å². The predicted octanol–water partition coefficient (Wildman–Crippen LogP) is 5.32. The van der Waals surface area contributed by atoms with Crippen molar-refractivity contribution in [3.05, 3.63) is 56.1 Å². The highest BCUT2D eigenvalue weighted by atomic mass is 127. The minimum Gasteiger partial charge on any atom is -0.334 e. The summed E-state index contributed by atoms with van der Waals surface area (Å²) in [4.78, 5) is 4.39. The summed E-state index contributed by atoms with van der Waals surface area (Å²) in [6, 6.07) is 13.0. The zero-order valence-electron chi connectivity index (χ0n) is 9.98. The Morgan fingerprint density at radius 2 is 1.80 bits per heavy atom. The topological polar surface area (TPSA) is 38.9 Å². The van der Waals surface area contributed by atoms with E-state index in [1.54, 1.807) is 18.2 Å². The molecule has 1 aromatic heterocycles. The van der Waals surface area contributed by atoms with Crippen molar-refractivity contribution >= 4 is 45.8 Å². The minimum atomic E-state index is 0.446. The monoisotopic (exact) mass is 416 g/mol. The van der Waals surface area contributed by atoms with E-state index in [0.717, 1.165) is 9.13 Å². The molecule has 6 heteroatoms. The Morgan fingerprint density at radius 1 is 1.00 bits per heavy atom. The average Bonchev–Trinajstić information content (AvgIpc) is 2.88. The Labute approximate surface area is 139 Å². The molecule has 0 aliphatic carbocycles. The van der Waals surface area contributed by atoms with Gasteiger partial charge in [0.05, 0.1) is 10.6 Å². The fourth-order valence-corrected chi connectivity index (χ4v) is 2.86. The molecule has 0 saturated heterocycles. The predicted molar refractivity (Wildman–Crippen MR) is 87.9 cm³/mol. The summed E-state index contributed by atoms with van der Waals surface area (Å²) in [7, 11) is 0. The molecule has 100 valence electrons. The molecule has 20 heavy (non-hydrogen) atoms. The van der Waals surface area contributed by atoms with Crippen molar-refractivity contribution in [1.82, 2.24) is 10.1 Å². The van der Waals surface area contributed by atoms with Crippen LogP contribution in [0.15, 0.2) is 47.0 Å². The molecule has 0 amide bonds. The molecule has 0 aliphatic rings. The first-order valence-corrected chi connectivity index (χ1v) is 7.52. The Hall–Kier alpha value is -1.11. The lowest BCUT2D eigenvalue weighted by atomic mass is 10.2. The molecule has 0 spiro atoms. The van der Waals surface area contributed by atoms with Crippen molar-refractivity contribution < 1.29 is 4.52 Å². The first-order chi connectivity index (χ1) is 9.65. The number of hydrogen-bond acceptors (Lipinski definition) is 3. The molecular weight excluding hydrogens is 410 g/mol. The maximum absolute atomic E-state index is 6.14. The average molecular weight is 417 g/mol. The van der Waals surface area contributed by atoms with Crippen LogP contribution in [0.2, 0.25) is 10.0 Å². The molecule has 2 aromatic carbocycles. The summed E-state index contributed by atoms with van der Waals surface area (Å²) < 4.78 is 6.36. The van der Waals surface area contributed by atoms with Crippen LogP contribution in [0.1, 0.15) is 0 Å². The van der Waals surface area contributed by atoms with Crippen LogP contribution in [-0.4, -0.2) is 10.1 Å². The molecule has 3 aromatic rings. The number of benzene rings is 2. The van der Waals surface area contributed by atoms with Crippen LogP contribution < -0.4 is 0 Å². The van der Waals surface area contributed by atoms with Gasteiger partial charge in [-0.1, -0.05) is 40.5 Å². The SMILES string of the molecule is Clc1ccc(-c2noc(-c3ccccc3I)n2)c(Cl)c1. The smallest absolute Gasteiger partial charge is 0.259 e. The van der Waals surface area contributed by atoms with Crippen molar-refractivity contribution in [3.8, 4) is 22.8 Å². The van der Waals surface area contributed by atoms with E-state index in [4.69, 9.17) is 27.7 Å². The molecule has 0 fully saturated rings. The number of nitrogens with zero attached hydrogens (tertiary/aromatic N) is 2. The van der Waals surface area contributed by atoms with Gasteiger partial charge in [-0.15, -0.1) is 0 Å². The van der Waals surface area contributed by atoms with E-state index in [9.17, 15) is 0 Å². The quantitative estimate of drug-likeness (QED) is 0.531. The Bertz CT molecular complexity index is 773. The molecule has 1 heterocycles. The lowest BCUT2D eigenvalue weighted by Gasteiger charge is -1.99. The second-order valence-corrected chi connectivity index (χ2v) is 6.03. The second-order valence-electron chi connectivity index (χ2n) is 4.03. The van der Waals surface area contributed by atoms with Gasteiger partial charge in [-0.2, -0.15) is 4.98 Å². The lowest BCUT2D eigenvalue weighted by Crippen LogP contribution is -1.84. The third-order valence-electron chi connectivity index (χ3n) is 2.70. The summed E-state index contributed by atoms with van der Waals surface area (Å²) in [5.41, 5.74) is 1.59. The van der Waals surface area contributed by atoms with Crippen molar-refractivity contribution in [2.24, 2.45) is 0 Å². The van der Waals surface area contributed by atoms with Gasteiger partial charge in [-0.05, 0) is 52.9 Å². The second kappa shape index (κ2) is 5.71. The van der Waals surface area contributed by atoms with Crippen LogP contribution in [0.5, 0.6) is 0 Å². The Kier molecular flexibility index (Phi) is 3.96. The van der Waals surface area contributed by atoms with Gasteiger partial charge in [0.2, 0.25) is 5.82 Å². The molecule has 0 bridgehead atoms. The number of aromatic nitrogens is 2. The number of rotatable bonds is 2. The largest absolute Gasteiger partial charge is 0.334 e. The van der Waals surface area contributed by atoms with Gasteiger partial charge in [0.15, 0.2) is 0 Å². The fraction of sp³-hybridized carbons (Fsp3) is 0. The van der Waals surface area contributed by atoms with Crippen LogP contribution >= 0.6 is 45.8 Å². The summed E-state index contributed by atoms with van der Waals surface area (Å²) in [6.07, 6.45) is 0. The fourth-order valence-electron chi connectivity index (χ4n) is 1.75.